The van der Waals surface area contributed by atoms with E-state index in [2.05, 4.69) is 32.0 Å². The van der Waals surface area contributed by atoms with Gasteiger partial charge in [-0.2, -0.15) is 0 Å². The summed E-state index contributed by atoms with van der Waals surface area (Å²) in [6.07, 6.45) is 2.72. The van der Waals surface area contributed by atoms with Crippen LogP contribution in [0, 0.1) is 5.92 Å². The Morgan fingerprint density at radius 3 is 2.42 bits per heavy atom. The molecule has 9 heteroatoms. The second-order valence-corrected chi connectivity index (χ2v) is 9.97. The Morgan fingerprint density at radius 2 is 1.74 bits per heavy atom. The summed E-state index contributed by atoms with van der Waals surface area (Å²) in [6.45, 7) is 7.95. The zero-order valence-electron chi connectivity index (χ0n) is 21.9. The van der Waals surface area contributed by atoms with Gasteiger partial charge >= 0.3 is 0 Å². The van der Waals surface area contributed by atoms with Crippen molar-refractivity contribution >= 4 is 17.5 Å². The molecule has 3 aromatic rings. The van der Waals surface area contributed by atoms with Crippen molar-refractivity contribution in [2.24, 2.45) is 5.92 Å². The van der Waals surface area contributed by atoms with Crippen LogP contribution in [0.5, 0.6) is 0 Å². The first-order chi connectivity index (χ1) is 18.5. The smallest absolute Gasteiger partial charge is 0.225 e. The highest BCUT2D eigenvalue weighted by Crippen LogP contribution is 2.42. The molecule has 0 spiro atoms. The van der Waals surface area contributed by atoms with Gasteiger partial charge in [0.2, 0.25) is 11.9 Å². The van der Waals surface area contributed by atoms with Gasteiger partial charge in [-0.05, 0) is 29.3 Å². The van der Waals surface area contributed by atoms with Gasteiger partial charge < -0.3 is 24.8 Å². The van der Waals surface area contributed by atoms with E-state index in [1.54, 1.807) is 12.4 Å². The quantitative estimate of drug-likeness (QED) is 0.491. The number of benzene rings is 2. The molecular formula is C29H35N5O4. The van der Waals surface area contributed by atoms with Crippen molar-refractivity contribution in [3.8, 4) is 0 Å². The predicted octanol–water partition coefficient (Wildman–Crippen LogP) is 3.54. The van der Waals surface area contributed by atoms with Crippen LogP contribution in [0.3, 0.4) is 0 Å². The third kappa shape index (κ3) is 6.19. The number of carbonyl (C=O) groups is 1. The lowest BCUT2D eigenvalue weighted by Gasteiger charge is -2.44. The average molecular weight is 518 g/mol. The highest BCUT2D eigenvalue weighted by Gasteiger charge is 2.39. The van der Waals surface area contributed by atoms with Crippen LogP contribution in [0.2, 0.25) is 0 Å². The summed E-state index contributed by atoms with van der Waals surface area (Å²) in [4.78, 5) is 25.0. The lowest BCUT2D eigenvalue weighted by Crippen LogP contribution is -2.51. The monoisotopic (exact) mass is 517 g/mol. The number of carbonyl (C=O) groups excluding carboxylic acids is 1. The standard InChI is InChI=1S/C29H35N5O4/c1-20-26(18-33-13-15-34(16-14-33)29-30-11-4-12-31-29)37-28(24-5-3-6-25(17-24)32-21(2)36)38-27(20)23-9-7-22(19-35)8-10-23/h3-12,17,20,26-28,35H,13-16,18-19H2,1-2H3,(H,32,36)/t20-,26+,27+,28+/m1/s1. The summed E-state index contributed by atoms with van der Waals surface area (Å²) >= 11 is 0. The number of anilines is 2. The van der Waals surface area contributed by atoms with Crippen LogP contribution in [0.15, 0.2) is 67.0 Å². The fourth-order valence-corrected chi connectivity index (χ4v) is 5.13. The van der Waals surface area contributed by atoms with Crippen molar-refractivity contribution in [1.29, 1.82) is 0 Å². The maximum Gasteiger partial charge on any atom is 0.225 e. The summed E-state index contributed by atoms with van der Waals surface area (Å²) in [5, 5.41) is 12.3. The van der Waals surface area contributed by atoms with Crippen molar-refractivity contribution in [3.05, 3.63) is 83.7 Å². The van der Waals surface area contributed by atoms with E-state index in [0.29, 0.717) is 5.69 Å². The van der Waals surface area contributed by atoms with Crippen LogP contribution >= 0.6 is 0 Å². The molecule has 9 nitrogen and oxygen atoms in total. The molecule has 4 atom stereocenters. The van der Waals surface area contributed by atoms with Gasteiger partial charge in [0, 0.05) is 69.2 Å². The molecule has 38 heavy (non-hydrogen) atoms. The first-order valence-electron chi connectivity index (χ1n) is 13.1. The zero-order chi connectivity index (χ0) is 26.5. The van der Waals surface area contributed by atoms with Crippen LogP contribution in [-0.2, 0) is 20.9 Å². The average Bonchev–Trinajstić information content (AvgIpc) is 2.95. The first kappa shape index (κ1) is 26.2. The Balaban J connectivity index is 1.34. The summed E-state index contributed by atoms with van der Waals surface area (Å²) in [5.74, 6) is 0.745. The van der Waals surface area contributed by atoms with Gasteiger partial charge in [-0.1, -0.05) is 43.3 Å². The molecule has 1 aromatic heterocycles. The molecule has 0 bridgehead atoms. The van der Waals surface area contributed by atoms with Gasteiger partial charge in [-0.25, -0.2) is 9.97 Å². The Kier molecular flexibility index (Phi) is 8.29. The van der Waals surface area contributed by atoms with Crippen molar-refractivity contribution in [2.45, 2.75) is 39.0 Å². The summed E-state index contributed by atoms with van der Waals surface area (Å²) in [7, 11) is 0. The van der Waals surface area contributed by atoms with E-state index in [1.807, 2.05) is 54.6 Å². The largest absolute Gasteiger partial charge is 0.392 e. The minimum absolute atomic E-state index is 0.00561. The molecule has 0 radical (unpaired) electrons. The van der Waals surface area contributed by atoms with E-state index in [-0.39, 0.29) is 30.6 Å². The second-order valence-electron chi connectivity index (χ2n) is 9.97. The maximum atomic E-state index is 11.6. The predicted molar refractivity (Wildman–Crippen MR) is 144 cm³/mol. The Morgan fingerprint density at radius 1 is 1.00 bits per heavy atom. The highest BCUT2D eigenvalue weighted by atomic mass is 16.7. The van der Waals surface area contributed by atoms with E-state index in [4.69, 9.17) is 9.47 Å². The number of ether oxygens (including phenoxy) is 2. The number of piperazine rings is 1. The summed E-state index contributed by atoms with van der Waals surface area (Å²) < 4.78 is 13.2. The van der Waals surface area contributed by atoms with E-state index in [1.165, 1.54) is 6.92 Å². The molecule has 2 N–H and O–H groups in total. The molecule has 2 fully saturated rings. The van der Waals surface area contributed by atoms with Crippen LogP contribution in [0.25, 0.3) is 0 Å². The third-order valence-electron chi connectivity index (χ3n) is 7.25. The number of amides is 1. The summed E-state index contributed by atoms with van der Waals surface area (Å²) in [6, 6.07) is 17.4. The molecule has 0 aliphatic carbocycles. The number of rotatable bonds is 7. The molecule has 2 aromatic carbocycles. The van der Waals surface area contributed by atoms with Gasteiger partial charge in [0.05, 0.1) is 18.8 Å². The van der Waals surface area contributed by atoms with E-state index in [0.717, 1.165) is 55.4 Å². The maximum absolute atomic E-state index is 11.6. The van der Waals surface area contributed by atoms with Crippen molar-refractivity contribution in [3.63, 3.8) is 0 Å². The lowest BCUT2D eigenvalue weighted by atomic mass is 9.90. The van der Waals surface area contributed by atoms with Crippen LogP contribution in [0.1, 0.15) is 42.9 Å². The molecule has 2 saturated heterocycles. The SMILES string of the molecule is CC(=O)Nc1cccc([C@H]2O[C@@H](CN3CCN(c4ncccn4)CC3)[C@@H](C)[C@@H](c3ccc(CO)cc3)O2)c1. The number of nitrogens with one attached hydrogen (secondary N) is 1. The Hall–Kier alpha value is -3.37. The normalized spacial score (nSPS) is 24.2. The zero-order valence-corrected chi connectivity index (χ0v) is 21.9. The fraction of sp³-hybridized carbons (Fsp3) is 0.414. The number of hydrogen-bond donors (Lipinski definition) is 2. The molecule has 5 rings (SSSR count). The van der Waals surface area contributed by atoms with Gasteiger partial charge in [-0.15, -0.1) is 0 Å². The number of nitrogens with zero attached hydrogens (tertiary/aromatic N) is 4. The van der Waals surface area contributed by atoms with E-state index >= 15 is 0 Å². The molecule has 0 unspecified atom stereocenters. The van der Waals surface area contributed by atoms with Crippen molar-refractivity contribution in [1.82, 2.24) is 14.9 Å². The molecule has 1 amide bonds. The molecule has 0 saturated carbocycles. The number of hydrogen-bond acceptors (Lipinski definition) is 8. The first-order valence-corrected chi connectivity index (χ1v) is 13.1. The van der Waals surface area contributed by atoms with Gasteiger partial charge in [0.25, 0.3) is 0 Å². The van der Waals surface area contributed by atoms with Crippen molar-refractivity contribution in [2.75, 3.05) is 42.9 Å². The topological polar surface area (TPSA) is 100 Å². The minimum Gasteiger partial charge on any atom is -0.392 e. The molecule has 2 aliphatic heterocycles. The molecule has 200 valence electrons. The molecule has 2 aliphatic rings. The van der Waals surface area contributed by atoms with Gasteiger partial charge in [0.1, 0.15) is 0 Å². The highest BCUT2D eigenvalue weighted by molar-refractivity contribution is 5.88. The van der Waals surface area contributed by atoms with Gasteiger partial charge in [-0.3, -0.25) is 9.69 Å². The van der Waals surface area contributed by atoms with Crippen molar-refractivity contribution < 1.29 is 19.4 Å². The summed E-state index contributed by atoms with van der Waals surface area (Å²) in [5.41, 5.74) is 3.48. The van der Waals surface area contributed by atoms with Gasteiger partial charge in [0.15, 0.2) is 6.29 Å². The van der Waals surface area contributed by atoms with Crippen LogP contribution in [0.4, 0.5) is 11.6 Å². The third-order valence-corrected chi connectivity index (χ3v) is 7.25. The second kappa shape index (κ2) is 12.0. The van der Waals surface area contributed by atoms with Crippen LogP contribution < -0.4 is 10.2 Å². The van der Waals surface area contributed by atoms with E-state index in [9.17, 15) is 9.90 Å². The Bertz CT molecular complexity index is 1200. The molecular weight excluding hydrogens is 482 g/mol. The minimum atomic E-state index is -0.577. The Labute approximate surface area is 223 Å². The lowest BCUT2D eigenvalue weighted by molar-refractivity contribution is -0.276. The van der Waals surface area contributed by atoms with Crippen LogP contribution in [-0.4, -0.2) is 64.7 Å². The van der Waals surface area contributed by atoms with E-state index < -0.39 is 6.29 Å². The number of aromatic nitrogens is 2. The number of aliphatic hydroxyl groups is 1. The fourth-order valence-electron chi connectivity index (χ4n) is 5.13. The number of aliphatic hydroxyl groups excluding tert-OH is 1. The molecule has 3 heterocycles.